The normalized spacial score (nSPS) is 11.8. The molecule has 2 heteroatoms. The maximum absolute atomic E-state index is 2.48. The first-order valence-electron chi connectivity index (χ1n) is 34.6. The zero-order valence-corrected chi connectivity index (χ0v) is 54.7. The topological polar surface area (TPSA) is 6.48 Å². The highest BCUT2D eigenvalue weighted by molar-refractivity contribution is 6.31. The number of nitrogens with zero attached hydrogens (tertiary/aromatic N) is 2. The number of para-hydroxylation sites is 3. The van der Waals surface area contributed by atoms with Crippen molar-refractivity contribution in [1.29, 1.82) is 0 Å². The zero-order chi connectivity index (χ0) is 65.8. The standard InChI is InChI=1S/C98H62N2/c1-7-25-64(26-8-1)90-78-39-19-20-40-79(78)91(65-27-9-2-10-28-65)87-62-71(51-54-82(87)90)76-57-58-86-96-77(76)43-24-44-85(96)97-92(66-29-11-3-12-30-66)80-41-21-22-42-81(80)93(98(86)97)67-47-45-63(46-48-67)70-31-23-38-75(61-70)100(74-36-17-6-18-37-74)89-60-53-69-49-55-83-88(59-52-68-50-56-84(89)95(69)94(68)83)99(72-32-13-4-14-33-72)73-34-15-5-16-35-73/h1-62H. The van der Waals surface area contributed by atoms with E-state index in [4.69, 9.17) is 0 Å². The van der Waals surface area contributed by atoms with E-state index in [0.717, 1.165) is 45.3 Å². The van der Waals surface area contributed by atoms with Gasteiger partial charge in [0.25, 0.3) is 0 Å². The fourth-order valence-electron chi connectivity index (χ4n) is 16.8. The monoisotopic (exact) mass is 1270 g/mol. The summed E-state index contributed by atoms with van der Waals surface area (Å²) in [6, 6.07) is 139. The van der Waals surface area contributed by atoms with E-state index < -0.39 is 0 Å². The predicted molar refractivity (Wildman–Crippen MR) is 427 cm³/mol. The van der Waals surface area contributed by atoms with Crippen LogP contribution >= 0.6 is 0 Å². The van der Waals surface area contributed by atoms with Gasteiger partial charge < -0.3 is 9.80 Å². The van der Waals surface area contributed by atoms with Crippen molar-refractivity contribution >= 4 is 110 Å². The molecule has 0 N–H and O–H groups in total. The quantitative estimate of drug-likeness (QED) is 0.0889. The van der Waals surface area contributed by atoms with E-state index in [1.165, 1.54) is 153 Å². The van der Waals surface area contributed by atoms with Gasteiger partial charge in [0.15, 0.2) is 0 Å². The zero-order valence-electron chi connectivity index (χ0n) is 54.7. The fraction of sp³-hybridized carbons (Fsp3) is 0. The first kappa shape index (κ1) is 57.1. The Labute approximate surface area is 580 Å². The number of rotatable bonds is 12. The molecule has 0 atom stereocenters. The molecule has 0 aliphatic heterocycles. The van der Waals surface area contributed by atoms with Crippen molar-refractivity contribution in [2.45, 2.75) is 0 Å². The van der Waals surface area contributed by atoms with Gasteiger partial charge in [-0.3, -0.25) is 0 Å². The molecular formula is C98H62N2. The second kappa shape index (κ2) is 23.3. The van der Waals surface area contributed by atoms with Crippen molar-refractivity contribution in [3.05, 3.63) is 376 Å². The molecule has 464 valence electrons. The van der Waals surface area contributed by atoms with Gasteiger partial charge in [-0.2, -0.15) is 0 Å². The van der Waals surface area contributed by atoms with Gasteiger partial charge in [0.2, 0.25) is 0 Å². The lowest BCUT2D eigenvalue weighted by molar-refractivity contribution is 1.30. The van der Waals surface area contributed by atoms with Gasteiger partial charge in [-0.15, -0.1) is 0 Å². The van der Waals surface area contributed by atoms with Crippen molar-refractivity contribution in [3.8, 4) is 89.0 Å². The molecule has 0 radical (unpaired) electrons. The molecule has 0 spiro atoms. The largest absolute Gasteiger partial charge is 0.310 e. The van der Waals surface area contributed by atoms with E-state index in [-0.39, 0.29) is 0 Å². The van der Waals surface area contributed by atoms with Crippen LogP contribution in [0.2, 0.25) is 0 Å². The second-order valence-corrected chi connectivity index (χ2v) is 26.5. The Kier molecular flexibility index (Phi) is 13.3. The highest BCUT2D eigenvalue weighted by atomic mass is 15.1. The van der Waals surface area contributed by atoms with Crippen LogP contribution in [0.3, 0.4) is 0 Å². The number of hydrogen-bond acceptors (Lipinski definition) is 2. The van der Waals surface area contributed by atoms with E-state index in [1.807, 2.05) is 0 Å². The first-order chi connectivity index (χ1) is 49.7. The Bertz CT molecular complexity index is 6370. The molecule has 1 aliphatic rings. The van der Waals surface area contributed by atoms with E-state index in [1.54, 1.807) is 0 Å². The van der Waals surface area contributed by atoms with Gasteiger partial charge in [-0.1, -0.05) is 309 Å². The Morgan fingerprint density at radius 3 is 1.01 bits per heavy atom. The molecule has 0 fully saturated rings. The number of anilines is 6. The van der Waals surface area contributed by atoms with Crippen LogP contribution in [0.5, 0.6) is 0 Å². The third kappa shape index (κ3) is 9.05. The molecule has 0 bridgehead atoms. The van der Waals surface area contributed by atoms with E-state index in [0.29, 0.717) is 0 Å². The Balaban J connectivity index is 0.727. The van der Waals surface area contributed by atoms with Crippen molar-refractivity contribution in [1.82, 2.24) is 0 Å². The highest BCUT2D eigenvalue weighted by Gasteiger charge is 2.32. The van der Waals surface area contributed by atoms with Crippen LogP contribution in [0, 0.1) is 0 Å². The summed E-state index contributed by atoms with van der Waals surface area (Å²) >= 11 is 0. The van der Waals surface area contributed by atoms with Crippen molar-refractivity contribution in [2.24, 2.45) is 0 Å². The molecule has 0 heterocycles. The molecule has 19 aromatic rings. The summed E-state index contributed by atoms with van der Waals surface area (Å²) in [7, 11) is 0. The minimum absolute atomic E-state index is 1.08. The Hall–Kier alpha value is -13.1. The summed E-state index contributed by atoms with van der Waals surface area (Å²) in [6.45, 7) is 0. The molecular weight excluding hydrogens is 1210 g/mol. The summed E-state index contributed by atoms with van der Waals surface area (Å²) in [5.41, 5.74) is 26.3. The van der Waals surface area contributed by atoms with Gasteiger partial charge >= 0.3 is 0 Å². The molecule has 1 aliphatic carbocycles. The average molecular weight is 1270 g/mol. The van der Waals surface area contributed by atoms with Gasteiger partial charge in [0.05, 0.1) is 11.4 Å². The summed E-state index contributed by atoms with van der Waals surface area (Å²) in [4.78, 5) is 4.84. The molecule has 0 amide bonds. The van der Waals surface area contributed by atoms with Crippen LogP contribution in [0.1, 0.15) is 0 Å². The van der Waals surface area contributed by atoms with Crippen LogP contribution in [0.15, 0.2) is 376 Å². The van der Waals surface area contributed by atoms with Crippen LogP contribution in [-0.4, -0.2) is 0 Å². The van der Waals surface area contributed by atoms with Gasteiger partial charge in [0.1, 0.15) is 0 Å². The van der Waals surface area contributed by atoms with Crippen LogP contribution in [0.4, 0.5) is 34.1 Å². The average Bonchev–Trinajstić information content (AvgIpc) is 1.50. The van der Waals surface area contributed by atoms with Gasteiger partial charge in [-0.05, 0) is 220 Å². The van der Waals surface area contributed by atoms with Crippen molar-refractivity contribution < 1.29 is 0 Å². The van der Waals surface area contributed by atoms with E-state index in [9.17, 15) is 0 Å². The molecule has 0 saturated carbocycles. The third-order valence-electron chi connectivity index (χ3n) is 21.1. The molecule has 19 aromatic carbocycles. The highest BCUT2D eigenvalue weighted by Crippen LogP contribution is 2.59. The number of benzene rings is 19. The lowest BCUT2D eigenvalue weighted by Gasteiger charge is -2.29. The van der Waals surface area contributed by atoms with Gasteiger partial charge in [-0.25, -0.2) is 0 Å². The minimum atomic E-state index is 1.08. The SMILES string of the molecule is c1ccc(-c2c3c(c(-c4ccc(-c5cccc(N(c6ccccc6)c6ccc7ccc8c(N(c9ccccc9)c9ccccc9)ccc9ccc6c7c98)c5)cc4)c4ccccc24)-c2ccc(-c4ccc5c(-c6ccccc6)c6ccccc6c(-c6ccccc6)c5c4)c4cccc-3c24)cc1. The summed E-state index contributed by atoms with van der Waals surface area (Å²) in [5, 5.41) is 17.4. The maximum Gasteiger partial charge on any atom is 0.0540 e. The second-order valence-electron chi connectivity index (χ2n) is 26.5. The molecule has 0 unspecified atom stereocenters. The first-order valence-corrected chi connectivity index (χ1v) is 34.6. The summed E-state index contributed by atoms with van der Waals surface area (Å²) in [5.74, 6) is 0. The minimum Gasteiger partial charge on any atom is -0.310 e. The predicted octanol–water partition coefficient (Wildman–Crippen LogP) is 27.8. The fourth-order valence-corrected chi connectivity index (χ4v) is 16.8. The van der Waals surface area contributed by atoms with E-state index >= 15 is 0 Å². The van der Waals surface area contributed by atoms with Crippen LogP contribution in [0.25, 0.3) is 164 Å². The molecule has 20 rings (SSSR count). The van der Waals surface area contributed by atoms with Crippen LogP contribution in [-0.2, 0) is 0 Å². The number of fused-ring (bicyclic) bond motifs is 6. The molecule has 0 aromatic heterocycles. The summed E-state index contributed by atoms with van der Waals surface area (Å²) < 4.78 is 0. The lowest BCUT2D eigenvalue weighted by atomic mass is 9.82. The van der Waals surface area contributed by atoms with Gasteiger partial charge in [0, 0.05) is 33.5 Å². The van der Waals surface area contributed by atoms with Crippen molar-refractivity contribution in [2.75, 3.05) is 9.80 Å². The Morgan fingerprint density at radius 2 is 0.490 bits per heavy atom. The molecule has 0 saturated heterocycles. The van der Waals surface area contributed by atoms with E-state index in [2.05, 4.69) is 386 Å². The van der Waals surface area contributed by atoms with Crippen molar-refractivity contribution in [3.63, 3.8) is 0 Å². The maximum atomic E-state index is 2.48. The third-order valence-corrected chi connectivity index (χ3v) is 21.1. The summed E-state index contributed by atoms with van der Waals surface area (Å²) in [6.07, 6.45) is 0. The molecule has 100 heavy (non-hydrogen) atoms. The number of hydrogen-bond donors (Lipinski definition) is 0. The molecule has 2 nitrogen and oxygen atoms in total. The Morgan fingerprint density at radius 1 is 0.150 bits per heavy atom. The lowest BCUT2D eigenvalue weighted by Crippen LogP contribution is -2.11. The smallest absolute Gasteiger partial charge is 0.0540 e. The van der Waals surface area contributed by atoms with Crippen LogP contribution < -0.4 is 9.80 Å².